The van der Waals surface area contributed by atoms with Crippen LogP contribution in [0.5, 0.6) is 5.75 Å². The monoisotopic (exact) mass is 391 g/mol. The first-order valence-electron chi connectivity index (χ1n) is 7.80. The fourth-order valence-electron chi connectivity index (χ4n) is 1.82. The molecule has 1 amide bonds. The van der Waals surface area contributed by atoms with Crippen LogP contribution in [-0.4, -0.2) is 49.6 Å². The number of rotatable bonds is 7. The Kier molecular flexibility index (Phi) is 7.56. The molecule has 9 nitrogen and oxygen atoms in total. The van der Waals surface area contributed by atoms with E-state index in [1.807, 2.05) is 0 Å². The van der Waals surface area contributed by atoms with Crippen LogP contribution in [0.25, 0.3) is 0 Å². The molecule has 0 spiro atoms. The molecule has 1 saturated heterocycles. The summed E-state index contributed by atoms with van der Waals surface area (Å²) < 4.78 is 14.6. The smallest absolute Gasteiger partial charge is 0.344 e. The van der Waals surface area contributed by atoms with Crippen LogP contribution < -0.4 is 10.1 Å². The van der Waals surface area contributed by atoms with Crippen LogP contribution in [0.2, 0.25) is 0 Å². The lowest BCUT2D eigenvalue weighted by molar-refractivity contribution is -0.145. The average molecular weight is 391 g/mol. The van der Waals surface area contributed by atoms with Crippen molar-refractivity contribution >= 4 is 41.0 Å². The van der Waals surface area contributed by atoms with E-state index in [1.54, 1.807) is 31.2 Å². The highest BCUT2D eigenvalue weighted by Crippen LogP contribution is 2.23. The first-order valence-corrected chi connectivity index (χ1v) is 8.61. The van der Waals surface area contributed by atoms with E-state index in [9.17, 15) is 14.4 Å². The largest absolute Gasteiger partial charge is 0.482 e. The normalized spacial score (nSPS) is 16.6. The van der Waals surface area contributed by atoms with E-state index in [2.05, 4.69) is 20.3 Å². The van der Waals surface area contributed by atoms with Crippen molar-refractivity contribution < 1.29 is 28.6 Å². The molecule has 1 heterocycles. The Morgan fingerprint density at radius 1 is 1.33 bits per heavy atom. The molecule has 0 aliphatic carbocycles. The molecule has 1 fully saturated rings. The lowest BCUT2D eigenvalue weighted by atomic mass is 10.2. The number of nitrogens with zero attached hydrogens (tertiary/aromatic N) is 2. The number of ether oxygens (including phenoxy) is 3. The first-order chi connectivity index (χ1) is 13.0. The van der Waals surface area contributed by atoms with Crippen LogP contribution in [0.1, 0.15) is 12.5 Å². The second-order valence-corrected chi connectivity index (χ2v) is 5.93. The van der Waals surface area contributed by atoms with Gasteiger partial charge in [-0.3, -0.25) is 10.1 Å². The molecule has 2 rings (SSSR count). The second-order valence-electron chi connectivity index (χ2n) is 4.90. The maximum Gasteiger partial charge on any atom is 0.344 e. The lowest BCUT2D eigenvalue weighted by Crippen LogP contribution is -2.19. The van der Waals surface area contributed by atoms with Gasteiger partial charge in [0.15, 0.2) is 11.8 Å². The van der Waals surface area contributed by atoms with Gasteiger partial charge in [0.05, 0.1) is 24.8 Å². The van der Waals surface area contributed by atoms with Crippen molar-refractivity contribution in [2.45, 2.75) is 6.92 Å². The molecule has 1 aromatic rings. The Morgan fingerprint density at radius 3 is 2.89 bits per heavy atom. The van der Waals surface area contributed by atoms with Gasteiger partial charge in [0.2, 0.25) is 0 Å². The number of methoxy groups -OCH3 is 1. The van der Waals surface area contributed by atoms with Crippen molar-refractivity contribution in [2.24, 2.45) is 10.2 Å². The molecule has 1 aliphatic heterocycles. The summed E-state index contributed by atoms with van der Waals surface area (Å²) in [6.45, 7) is 1.82. The number of hydrogen-bond donors (Lipinski definition) is 1. The molecule has 1 N–H and O–H groups in total. The highest BCUT2D eigenvalue weighted by molar-refractivity contribution is 8.18. The van der Waals surface area contributed by atoms with E-state index in [1.165, 1.54) is 13.3 Å². The molecule has 142 valence electrons. The highest BCUT2D eigenvalue weighted by Gasteiger charge is 2.24. The molecular formula is C17H17N3O6S. The number of amidine groups is 1. The molecule has 10 heteroatoms. The number of carbonyl (C=O) groups is 3. The molecule has 0 atom stereocenters. The van der Waals surface area contributed by atoms with Crippen LogP contribution in [-0.2, 0) is 23.9 Å². The summed E-state index contributed by atoms with van der Waals surface area (Å²) in [6.07, 6.45) is 2.54. The lowest BCUT2D eigenvalue weighted by Gasteiger charge is -2.05. The zero-order valence-corrected chi connectivity index (χ0v) is 15.4. The van der Waals surface area contributed by atoms with Crippen LogP contribution >= 0.6 is 11.8 Å². The Labute approximate surface area is 159 Å². The number of esters is 2. The van der Waals surface area contributed by atoms with E-state index < -0.39 is 17.8 Å². The zero-order valence-electron chi connectivity index (χ0n) is 14.6. The molecular weight excluding hydrogens is 374 g/mol. The fourth-order valence-corrected chi connectivity index (χ4v) is 2.56. The van der Waals surface area contributed by atoms with Gasteiger partial charge in [-0.2, -0.15) is 5.10 Å². The van der Waals surface area contributed by atoms with Gasteiger partial charge in [-0.1, -0.05) is 12.1 Å². The maximum absolute atomic E-state index is 11.7. The van der Waals surface area contributed by atoms with Gasteiger partial charge in [-0.05, 0) is 36.4 Å². The van der Waals surface area contributed by atoms with E-state index >= 15 is 0 Å². The summed E-state index contributed by atoms with van der Waals surface area (Å²) in [5.41, 5.74) is 0.681. The van der Waals surface area contributed by atoms with Gasteiger partial charge >= 0.3 is 11.9 Å². The minimum atomic E-state index is -0.628. The third-order valence-corrected chi connectivity index (χ3v) is 3.88. The van der Waals surface area contributed by atoms with Crippen molar-refractivity contribution in [1.29, 1.82) is 0 Å². The van der Waals surface area contributed by atoms with E-state index in [4.69, 9.17) is 9.47 Å². The van der Waals surface area contributed by atoms with Crippen LogP contribution in [0.3, 0.4) is 0 Å². The molecule has 0 aromatic heterocycles. The van der Waals surface area contributed by atoms with E-state index in [0.29, 0.717) is 17.9 Å². The molecule has 0 radical (unpaired) electrons. The Bertz CT molecular complexity index is 819. The van der Waals surface area contributed by atoms with Gasteiger partial charge in [-0.25, -0.2) is 9.59 Å². The van der Waals surface area contributed by atoms with Crippen LogP contribution in [0, 0.1) is 0 Å². The van der Waals surface area contributed by atoms with Crippen molar-refractivity contribution in [3.8, 4) is 5.75 Å². The molecule has 1 aliphatic rings. The van der Waals surface area contributed by atoms with Crippen LogP contribution in [0.4, 0.5) is 0 Å². The molecule has 0 bridgehead atoms. The molecule has 27 heavy (non-hydrogen) atoms. The molecule has 0 saturated carbocycles. The van der Waals surface area contributed by atoms with E-state index in [-0.39, 0.29) is 16.7 Å². The fraction of sp³-hybridized carbons (Fsp3) is 0.235. The summed E-state index contributed by atoms with van der Waals surface area (Å²) in [4.78, 5) is 34.3. The third kappa shape index (κ3) is 6.59. The number of hydrogen-bond acceptors (Lipinski definition) is 9. The van der Waals surface area contributed by atoms with Gasteiger partial charge in [0.25, 0.3) is 5.91 Å². The minimum absolute atomic E-state index is 0.171. The first kappa shape index (κ1) is 20.2. The van der Waals surface area contributed by atoms with Gasteiger partial charge in [-0.15, -0.1) is 5.10 Å². The van der Waals surface area contributed by atoms with Crippen LogP contribution in [0.15, 0.2) is 45.4 Å². The summed E-state index contributed by atoms with van der Waals surface area (Å²) in [7, 11) is 1.22. The SMILES string of the molecule is CCOC(=O)COc1cccc(C=N/N=C2/NC(=O)/C(=C\C(=O)OC)S2)c1. The zero-order chi connectivity index (χ0) is 19.6. The van der Waals surface area contributed by atoms with Crippen molar-refractivity contribution in [3.05, 3.63) is 40.8 Å². The molecule has 1 aromatic carbocycles. The van der Waals surface area contributed by atoms with Gasteiger partial charge < -0.3 is 14.2 Å². The van der Waals surface area contributed by atoms with Gasteiger partial charge in [0.1, 0.15) is 5.75 Å². The van der Waals surface area contributed by atoms with Crippen molar-refractivity contribution in [2.75, 3.05) is 20.3 Å². The topological polar surface area (TPSA) is 116 Å². The van der Waals surface area contributed by atoms with Crippen molar-refractivity contribution in [3.63, 3.8) is 0 Å². The summed E-state index contributed by atoms with van der Waals surface area (Å²) in [5.74, 6) is -1.05. The Balaban J connectivity index is 1.96. The number of nitrogens with one attached hydrogen (secondary N) is 1. The minimum Gasteiger partial charge on any atom is -0.482 e. The number of thioether (sulfide) groups is 1. The summed E-state index contributed by atoms with van der Waals surface area (Å²) in [5, 5.41) is 10.5. The predicted molar refractivity (Wildman–Crippen MR) is 99.4 cm³/mol. The average Bonchev–Trinajstić information content (AvgIpc) is 3.00. The third-order valence-electron chi connectivity index (χ3n) is 2.98. The predicted octanol–water partition coefficient (Wildman–Crippen LogP) is 1.24. The summed E-state index contributed by atoms with van der Waals surface area (Å²) in [6, 6.07) is 6.87. The standard InChI is InChI=1S/C17H17N3O6S/c1-3-25-15(22)10-26-12-6-4-5-11(7-12)9-18-20-17-19-16(23)13(27-17)8-14(21)24-2/h4-9H,3,10H2,1-2H3,(H,19,20,23)/b13-8+,18-9?. The van der Waals surface area contributed by atoms with Crippen molar-refractivity contribution in [1.82, 2.24) is 5.32 Å². The van der Waals surface area contributed by atoms with Gasteiger partial charge in [0, 0.05) is 6.08 Å². The maximum atomic E-state index is 11.7. The van der Waals surface area contributed by atoms with E-state index in [0.717, 1.165) is 17.8 Å². The Morgan fingerprint density at radius 2 is 2.15 bits per heavy atom. The number of amides is 1. The second kappa shape index (κ2) is 10.1. The number of benzene rings is 1. The molecule has 0 unspecified atom stereocenters. The summed E-state index contributed by atoms with van der Waals surface area (Å²) >= 11 is 0.976. The Hall–Kier alpha value is -3.14. The highest BCUT2D eigenvalue weighted by atomic mass is 32.2. The number of carbonyl (C=O) groups excluding carboxylic acids is 3. The quantitative estimate of drug-likeness (QED) is 0.322.